The zero-order chi connectivity index (χ0) is 34.9. The molecule has 1 aliphatic rings. The lowest BCUT2D eigenvalue weighted by Gasteiger charge is -2.34. The topological polar surface area (TPSA) is 0 Å². The highest BCUT2D eigenvalue weighted by molar-refractivity contribution is 6.14. The number of fused-ring (bicyclic) bond motifs is 7. The zero-order valence-corrected chi connectivity index (χ0v) is 29.1. The van der Waals surface area contributed by atoms with Crippen molar-refractivity contribution in [3.05, 3.63) is 229 Å². The number of rotatable bonds is 4. The summed E-state index contributed by atoms with van der Waals surface area (Å²) in [6.07, 6.45) is 0. The van der Waals surface area contributed by atoms with Crippen molar-refractivity contribution in [2.75, 3.05) is 0 Å². The van der Waals surface area contributed by atoms with Gasteiger partial charge in [-0.25, -0.2) is 0 Å². The fraction of sp³-hybridized carbons (Fsp3) is 0.0189. The van der Waals surface area contributed by atoms with E-state index in [1.54, 1.807) is 0 Å². The van der Waals surface area contributed by atoms with E-state index in [2.05, 4.69) is 206 Å². The minimum Gasteiger partial charge on any atom is -0.0619 e. The SMILES string of the molecule is c1ccc2c(c1)-c1ccccc1C2(c1ccc(-c2c3ccccc3cc3ccccc23)cc1)c1ccc(-c2c3ccccc3cc3ccccc23)cc1. The first kappa shape index (κ1) is 29.9. The van der Waals surface area contributed by atoms with Crippen LogP contribution in [0.5, 0.6) is 0 Å². The van der Waals surface area contributed by atoms with E-state index >= 15 is 0 Å². The van der Waals surface area contributed by atoms with Gasteiger partial charge in [0, 0.05) is 0 Å². The highest BCUT2D eigenvalue weighted by Crippen LogP contribution is 2.56. The van der Waals surface area contributed by atoms with Crippen LogP contribution in [0.1, 0.15) is 22.3 Å². The summed E-state index contributed by atoms with van der Waals surface area (Å²) in [5.74, 6) is 0. The molecular formula is C53H34. The van der Waals surface area contributed by atoms with Crippen LogP contribution in [0.2, 0.25) is 0 Å². The fourth-order valence-corrected chi connectivity index (χ4v) is 9.45. The van der Waals surface area contributed by atoms with E-state index in [9.17, 15) is 0 Å². The van der Waals surface area contributed by atoms with Crippen LogP contribution >= 0.6 is 0 Å². The third-order valence-corrected chi connectivity index (χ3v) is 11.7. The second-order valence-corrected chi connectivity index (χ2v) is 14.4. The van der Waals surface area contributed by atoms with Crippen LogP contribution in [-0.4, -0.2) is 0 Å². The van der Waals surface area contributed by atoms with Gasteiger partial charge in [0.1, 0.15) is 0 Å². The quantitative estimate of drug-likeness (QED) is 0.164. The summed E-state index contributed by atoms with van der Waals surface area (Å²) in [6.45, 7) is 0. The molecule has 0 spiro atoms. The van der Waals surface area contributed by atoms with Crippen LogP contribution in [0.3, 0.4) is 0 Å². The molecule has 10 aromatic rings. The van der Waals surface area contributed by atoms with E-state index in [-0.39, 0.29) is 0 Å². The molecule has 0 bridgehead atoms. The molecule has 0 nitrogen and oxygen atoms in total. The van der Waals surface area contributed by atoms with Crippen LogP contribution < -0.4 is 0 Å². The molecule has 0 unspecified atom stereocenters. The first-order valence-electron chi connectivity index (χ1n) is 18.5. The number of hydrogen-bond donors (Lipinski definition) is 0. The van der Waals surface area contributed by atoms with Crippen molar-refractivity contribution >= 4 is 43.1 Å². The lowest BCUT2D eigenvalue weighted by Crippen LogP contribution is -2.28. The van der Waals surface area contributed by atoms with Gasteiger partial charge in [0.05, 0.1) is 5.41 Å². The van der Waals surface area contributed by atoms with Gasteiger partial charge in [-0.05, 0) is 111 Å². The van der Waals surface area contributed by atoms with Crippen molar-refractivity contribution < 1.29 is 0 Å². The molecule has 0 aliphatic heterocycles. The average molecular weight is 671 g/mol. The Labute approximate surface area is 309 Å². The van der Waals surface area contributed by atoms with E-state index in [1.807, 2.05) is 0 Å². The van der Waals surface area contributed by atoms with Crippen LogP contribution in [0.25, 0.3) is 76.5 Å². The minimum absolute atomic E-state index is 0.480. The Hall–Kier alpha value is -6.76. The Balaban J connectivity index is 1.14. The van der Waals surface area contributed by atoms with Crippen molar-refractivity contribution in [1.82, 2.24) is 0 Å². The van der Waals surface area contributed by atoms with Crippen LogP contribution in [0, 0.1) is 0 Å². The highest BCUT2D eigenvalue weighted by Gasteiger charge is 2.45. The van der Waals surface area contributed by atoms with Gasteiger partial charge in [-0.1, -0.05) is 194 Å². The van der Waals surface area contributed by atoms with Crippen molar-refractivity contribution in [1.29, 1.82) is 0 Å². The summed E-state index contributed by atoms with van der Waals surface area (Å²) < 4.78 is 0. The highest BCUT2D eigenvalue weighted by atomic mass is 14.5. The van der Waals surface area contributed by atoms with E-state index in [4.69, 9.17) is 0 Å². The molecule has 0 radical (unpaired) electrons. The Morgan fingerprint density at radius 2 is 0.566 bits per heavy atom. The molecule has 11 rings (SSSR count). The second-order valence-electron chi connectivity index (χ2n) is 14.4. The minimum atomic E-state index is -0.480. The van der Waals surface area contributed by atoms with Crippen LogP contribution in [0.4, 0.5) is 0 Å². The fourth-order valence-electron chi connectivity index (χ4n) is 9.45. The molecule has 0 atom stereocenters. The average Bonchev–Trinajstić information content (AvgIpc) is 3.53. The van der Waals surface area contributed by atoms with Gasteiger partial charge in [-0.2, -0.15) is 0 Å². The lowest BCUT2D eigenvalue weighted by molar-refractivity contribution is 0.769. The molecular weight excluding hydrogens is 637 g/mol. The predicted octanol–water partition coefficient (Wildman–Crippen LogP) is 14.0. The first-order valence-corrected chi connectivity index (χ1v) is 18.5. The normalized spacial score (nSPS) is 13.1. The molecule has 53 heavy (non-hydrogen) atoms. The molecule has 0 heterocycles. The molecule has 246 valence electrons. The van der Waals surface area contributed by atoms with E-state index in [0.29, 0.717) is 0 Å². The van der Waals surface area contributed by atoms with Gasteiger partial charge in [0.25, 0.3) is 0 Å². The largest absolute Gasteiger partial charge is 0.0713 e. The molecule has 0 heteroatoms. The van der Waals surface area contributed by atoms with Crippen LogP contribution in [-0.2, 0) is 5.41 Å². The van der Waals surface area contributed by atoms with Gasteiger partial charge < -0.3 is 0 Å². The maximum atomic E-state index is 2.39. The second kappa shape index (κ2) is 11.6. The lowest BCUT2D eigenvalue weighted by atomic mass is 9.67. The molecule has 10 aromatic carbocycles. The van der Waals surface area contributed by atoms with Crippen molar-refractivity contribution in [3.63, 3.8) is 0 Å². The summed E-state index contributed by atoms with van der Waals surface area (Å²) in [4.78, 5) is 0. The number of benzene rings is 10. The van der Waals surface area contributed by atoms with Gasteiger partial charge in [-0.15, -0.1) is 0 Å². The Bertz CT molecular complexity index is 2720. The molecule has 0 saturated carbocycles. The molecule has 0 aromatic heterocycles. The third-order valence-electron chi connectivity index (χ3n) is 11.7. The maximum absolute atomic E-state index is 2.39. The van der Waals surface area contributed by atoms with Gasteiger partial charge in [0.2, 0.25) is 0 Å². The molecule has 0 fully saturated rings. The van der Waals surface area contributed by atoms with Crippen molar-refractivity contribution in [2.45, 2.75) is 5.41 Å². The van der Waals surface area contributed by atoms with Gasteiger partial charge in [-0.3, -0.25) is 0 Å². The maximum Gasteiger partial charge on any atom is 0.0713 e. The smallest absolute Gasteiger partial charge is 0.0619 e. The van der Waals surface area contributed by atoms with Gasteiger partial charge in [0.15, 0.2) is 0 Å². The summed E-state index contributed by atoms with van der Waals surface area (Å²) >= 11 is 0. The summed E-state index contributed by atoms with van der Waals surface area (Å²) in [5.41, 5.74) is 12.4. The van der Waals surface area contributed by atoms with Crippen LogP contribution in [0.15, 0.2) is 206 Å². The third kappa shape index (κ3) is 4.36. The summed E-state index contributed by atoms with van der Waals surface area (Å²) in [7, 11) is 0. The standard InChI is InChI=1S/C53H34/c1-5-17-43-37(13-1)33-38-14-2-6-18-44(38)51(43)35-25-29-41(30-26-35)53(49-23-11-9-21-47(49)48-22-10-12-24-50(48)53)42-31-27-36(28-32-42)52-45-19-7-3-15-39(45)34-40-16-4-8-20-46(40)52/h1-34H. The predicted molar refractivity (Wildman–Crippen MR) is 225 cm³/mol. The van der Waals surface area contributed by atoms with Gasteiger partial charge >= 0.3 is 0 Å². The summed E-state index contributed by atoms with van der Waals surface area (Å²) in [6, 6.07) is 76.7. The Morgan fingerprint density at radius 1 is 0.264 bits per heavy atom. The van der Waals surface area contributed by atoms with E-state index in [1.165, 1.54) is 98.7 Å². The zero-order valence-electron chi connectivity index (χ0n) is 29.1. The Morgan fingerprint density at radius 3 is 0.925 bits per heavy atom. The van der Waals surface area contributed by atoms with Crippen molar-refractivity contribution in [2.24, 2.45) is 0 Å². The molecule has 0 saturated heterocycles. The van der Waals surface area contributed by atoms with E-state index < -0.39 is 5.41 Å². The summed E-state index contributed by atoms with van der Waals surface area (Å²) in [5, 5.41) is 10.2. The monoisotopic (exact) mass is 670 g/mol. The Kier molecular flexibility index (Phi) is 6.57. The molecule has 0 N–H and O–H groups in total. The number of hydrogen-bond acceptors (Lipinski definition) is 0. The first-order chi connectivity index (χ1) is 26.3. The van der Waals surface area contributed by atoms with Crippen molar-refractivity contribution in [3.8, 4) is 33.4 Å². The molecule has 0 amide bonds. The van der Waals surface area contributed by atoms with E-state index in [0.717, 1.165) is 0 Å². The molecule has 1 aliphatic carbocycles.